The number of carbonyl (C=O) groups is 3. The molecule has 2 fully saturated rings. The fourth-order valence-electron chi connectivity index (χ4n) is 4.54. The van der Waals surface area contributed by atoms with E-state index in [1.54, 1.807) is 4.90 Å². The van der Waals surface area contributed by atoms with Gasteiger partial charge in [-0.15, -0.1) is 0 Å². The van der Waals surface area contributed by atoms with E-state index in [9.17, 15) is 14.4 Å². The van der Waals surface area contributed by atoms with Gasteiger partial charge in [0.05, 0.1) is 19.2 Å². The van der Waals surface area contributed by atoms with Crippen LogP contribution in [0.5, 0.6) is 0 Å². The van der Waals surface area contributed by atoms with Crippen molar-refractivity contribution >= 4 is 17.8 Å². The Hall–Kier alpha value is -3.41. The first-order valence-electron chi connectivity index (χ1n) is 13.8. The van der Waals surface area contributed by atoms with Crippen LogP contribution in [-0.2, 0) is 19.1 Å². The summed E-state index contributed by atoms with van der Waals surface area (Å²) in [7, 11) is 1.28. The maximum absolute atomic E-state index is 12.6. The van der Waals surface area contributed by atoms with Crippen molar-refractivity contribution < 1.29 is 19.1 Å². The van der Waals surface area contributed by atoms with E-state index in [-0.39, 0.29) is 23.9 Å². The van der Waals surface area contributed by atoms with Crippen molar-refractivity contribution in [3.8, 4) is 0 Å². The summed E-state index contributed by atoms with van der Waals surface area (Å²) < 4.78 is 4.52. The van der Waals surface area contributed by atoms with Gasteiger partial charge in [-0.05, 0) is 51.4 Å². The molecule has 2 saturated heterocycles. The molecule has 2 atom stereocenters. The third-order valence-electron chi connectivity index (χ3n) is 6.53. The van der Waals surface area contributed by atoms with E-state index < -0.39 is 5.97 Å². The number of fused-ring (bicyclic) bond motifs is 2. The molecular weight excluding hydrogens is 476 g/mol. The van der Waals surface area contributed by atoms with Gasteiger partial charge < -0.3 is 14.5 Å². The maximum atomic E-state index is 12.6. The summed E-state index contributed by atoms with van der Waals surface area (Å²) in [5.41, 5.74) is 0. The predicted octanol–water partition coefficient (Wildman–Crippen LogP) is 6.01. The molecule has 2 heterocycles. The van der Waals surface area contributed by atoms with Gasteiger partial charge in [-0.2, -0.15) is 0 Å². The van der Waals surface area contributed by atoms with E-state index in [0.717, 1.165) is 57.4 Å². The normalized spacial score (nSPS) is 19.8. The van der Waals surface area contributed by atoms with Crippen LogP contribution in [0.2, 0.25) is 0 Å². The molecule has 2 aliphatic rings. The number of hydrogen-bond donors (Lipinski definition) is 0. The van der Waals surface area contributed by atoms with Crippen LogP contribution in [0.25, 0.3) is 0 Å². The molecule has 206 valence electrons. The number of likely N-dealkylation sites (tertiary alicyclic amines) is 2. The molecule has 0 radical (unpaired) electrons. The Morgan fingerprint density at radius 1 is 0.684 bits per heavy atom. The van der Waals surface area contributed by atoms with E-state index >= 15 is 0 Å². The lowest BCUT2D eigenvalue weighted by molar-refractivity contribution is -0.137. The van der Waals surface area contributed by atoms with Gasteiger partial charge in [-0.1, -0.05) is 79.8 Å². The van der Waals surface area contributed by atoms with Crippen molar-refractivity contribution in [3.05, 3.63) is 85.1 Å². The zero-order valence-corrected chi connectivity index (χ0v) is 23.0. The highest BCUT2D eigenvalue weighted by molar-refractivity contribution is 5.95. The number of piperazine rings is 1. The fourth-order valence-corrected chi connectivity index (χ4v) is 4.54. The molecule has 2 bridgehead atoms. The monoisotopic (exact) mass is 520 g/mol. The number of esters is 1. The van der Waals surface area contributed by atoms with Crippen LogP contribution in [-0.4, -0.2) is 59.9 Å². The molecule has 2 aliphatic heterocycles. The van der Waals surface area contributed by atoms with Crippen molar-refractivity contribution in [2.75, 3.05) is 20.2 Å². The summed E-state index contributed by atoms with van der Waals surface area (Å²) in [6.07, 6.45) is 36.3. The summed E-state index contributed by atoms with van der Waals surface area (Å²) >= 11 is 0. The first kappa shape index (κ1) is 30.8. The van der Waals surface area contributed by atoms with Crippen LogP contribution in [0.3, 0.4) is 0 Å². The van der Waals surface area contributed by atoms with Crippen LogP contribution in [0.4, 0.5) is 0 Å². The van der Waals surface area contributed by atoms with E-state index in [2.05, 4.69) is 84.6 Å². The molecule has 6 heteroatoms. The van der Waals surface area contributed by atoms with Crippen LogP contribution < -0.4 is 0 Å². The molecule has 0 aliphatic carbocycles. The number of allylic oxidation sites excluding steroid dienone is 12. The number of amides is 2. The zero-order valence-electron chi connectivity index (χ0n) is 23.0. The summed E-state index contributed by atoms with van der Waals surface area (Å²) in [6, 6.07) is 0.109. The van der Waals surface area contributed by atoms with Crippen molar-refractivity contribution in [3.63, 3.8) is 0 Å². The second kappa shape index (κ2) is 18.8. The Kier molecular flexibility index (Phi) is 15.2. The lowest BCUT2D eigenvalue weighted by Gasteiger charge is -2.33. The van der Waals surface area contributed by atoms with Gasteiger partial charge in [-0.3, -0.25) is 9.59 Å². The summed E-state index contributed by atoms with van der Waals surface area (Å²) in [4.78, 5) is 39.8. The Labute approximate surface area is 228 Å². The lowest BCUT2D eigenvalue weighted by atomic mass is 10.2. The van der Waals surface area contributed by atoms with Gasteiger partial charge in [0.15, 0.2) is 0 Å². The van der Waals surface area contributed by atoms with E-state index in [0.29, 0.717) is 19.5 Å². The number of ether oxygens (including phenoxy) is 1. The van der Waals surface area contributed by atoms with E-state index in [1.807, 2.05) is 4.90 Å². The standard InChI is InChI=1S/C32H44N2O4/c1-3-4-5-6-7-8-9-10-11-12-13-14-15-16-17-18-19-20-21-22-30(35)33-26-29-25-28(33)27-34(29)31(36)23-24-32(37)38-2/h4-5,7-8,10-11,13-14,16-17,19-20,23-24,28-29H,3,6,9,12,15,18,21-22,25-27H2,1-2H3/t28-,29-/m0/s1. The topological polar surface area (TPSA) is 66.9 Å². The molecule has 38 heavy (non-hydrogen) atoms. The third-order valence-corrected chi connectivity index (χ3v) is 6.53. The van der Waals surface area contributed by atoms with E-state index in [1.165, 1.54) is 13.2 Å². The molecule has 2 amide bonds. The van der Waals surface area contributed by atoms with Crippen molar-refractivity contribution in [1.82, 2.24) is 9.80 Å². The molecule has 0 aromatic rings. The Balaban J connectivity index is 1.51. The Morgan fingerprint density at radius 2 is 1.16 bits per heavy atom. The minimum atomic E-state index is -0.547. The molecule has 0 spiro atoms. The van der Waals surface area contributed by atoms with Gasteiger partial charge in [0, 0.05) is 31.7 Å². The molecule has 0 unspecified atom stereocenters. The molecule has 0 aromatic heterocycles. The largest absolute Gasteiger partial charge is 0.466 e. The van der Waals surface area contributed by atoms with Gasteiger partial charge in [0.1, 0.15) is 0 Å². The molecular formula is C32H44N2O4. The number of methoxy groups -OCH3 is 1. The van der Waals surface area contributed by atoms with Crippen molar-refractivity contribution in [1.29, 1.82) is 0 Å². The molecule has 0 N–H and O–H groups in total. The number of carbonyl (C=O) groups excluding carboxylic acids is 3. The Bertz CT molecular complexity index is 955. The molecule has 6 nitrogen and oxygen atoms in total. The van der Waals surface area contributed by atoms with Crippen molar-refractivity contribution in [2.24, 2.45) is 0 Å². The van der Waals surface area contributed by atoms with Crippen LogP contribution in [0, 0.1) is 0 Å². The fraction of sp³-hybridized carbons (Fsp3) is 0.469. The Morgan fingerprint density at radius 3 is 1.63 bits per heavy atom. The zero-order chi connectivity index (χ0) is 27.4. The summed E-state index contributed by atoms with van der Waals surface area (Å²) in [6.45, 7) is 3.25. The molecule has 0 aromatic carbocycles. The van der Waals surface area contributed by atoms with Gasteiger partial charge in [0.25, 0.3) is 0 Å². The van der Waals surface area contributed by atoms with Crippen LogP contribution in [0.15, 0.2) is 85.1 Å². The second-order valence-electron chi connectivity index (χ2n) is 9.39. The quantitative estimate of drug-likeness (QED) is 0.142. The second-order valence-corrected chi connectivity index (χ2v) is 9.39. The predicted molar refractivity (Wildman–Crippen MR) is 154 cm³/mol. The molecule has 0 saturated carbocycles. The summed E-state index contributed by atoms with van der Waals surface area (Å²) in [5, 5.41) is 0. The van der Waals surface area contributed by atoms with Gasteiger partial charge >= 0.3 is 5.97 Å². The SMILES string of the molecule is CCC=CCC=CCC=CCC=CCC=CCC=CCCC(=O)N1C[C@@H]2C[C@H]1CN2C(=O)C=CC(=O)OC. The average molecular weight is 521 g/mol. The highest BCUT2D eigenvalue weighted by atomic mass is 16.5. The summed E-state index contributed by atoms with van der Waals surface area (Å²) in [5.74, 6) is -0.601. The smallest absolute Gasteiger partial charge is 0.330 e. The van der Waals surface area contributed by atoms with Crippen molar-refractivity contribution in [2.45, 2.75) is 76.8 Å². The maximum Gasteiger partial charge on any atom is 0.330 e. The first-order valence-corrected chi connectivity index (χ1v) is 13.8. The highest BCUT2D eigenvalue weighted by Crippen LogP contribution is 2.31. The minimum Gasteiger partial charge on any atom is -0.466 e. The van der Waals surface area contributed by atoms with Crippen LogP contribution >= 0.6 is 0 Å². The lowest BCUT2D eigenvalue weighted by Crippen LogP contribution is -2.50. The first-order chi connectivity index (χ1) is 18.6. The third kappa shape index (κ3) is 11.8. The molecule has 2 rings (SSSR count). The van der Waals surface area contributed by atoms with Crippen LogP contribution in [0.1, 0.15) is 64.7 Å². The van der Waals surface area contributed by atoms with E-state index in [4.69, 9.17) is 0 Å². The number of hydrogen-bond acceptors (Lipinski definition) is 4. The number of nitrogens with zero attached hydrogens (tertiary/aromatic N) is 2. The van der Waals surface area contributed by atoms with Gasteiger partial charge in [-0.25, -0.2) is 4.79 Å². The minimum absolute atomic E-state index is 0.0321. The highest BCUT2D eigenvalue weighted by Gasteiger charge is 2.46. The number of rotatable bonds is 16. The average Bonchev–Trinajstić information content (AvgIpc) is 3.54. The van der Waals surface area contributed by atoms with Gasteiger partial charge in [0.2, 0.25) is 11.8 Å².